The normalized spacial score (nSPS) is 10.6. The molecule has 0 spiro atoms. The van der Waals surface area contributed by atoms with Crippen molar-refractivity contribution < 1.29 is 4.42 Å². The lowest BCUT2D eigenvalue weighted by Crippen LogP contribution is -1.75. The minimum absolute atomic E-state index is 0.667. The van der Waals surface area contributed by atoms with Gasteiger partial charge in [0.2, 0.25) is 0 Å². The molecule has 0 radical (unpaired) electrons. The molecule has 0 aliphatic carbocycles. The van der Waals surface area contributed by atoms with Crippen LogP contribution in [0.1, 0.15) is 18.4 Å². The highest BCUT2D eigenvalue weighted by atomic mass is 35.5. The van der Waals surface area contributed by atoms with Crippen molar-refractivity contribution in [3.63, 3.8) is 0 Å². The Bertz CT molecular complexity index is 774. The number of fused-ring (bicyclic) bond motifs is 3. The first kappa shape index (κ1) is 12.1. The Labute approximate surface area is 117 Å². The third kappa shape index (κ3) is 2.45. The predicted molar refractivity (Wildman–Crippen MR) is 80.6 cm³/mol. The smallest absolute Gasteiger partial charge is 0.135 e. The van der Waals surface area contributed by atoms with Crippen molar-refractivity contribution in [1.29, 1.82) is 0 Å². The summed E-state index contributed by atoms with van der Waals surface area (Å²) in [5, 5.41) is 2.27. The number of rotatable bonds is 2. The van der Waals surface area contributed by atoms with Crippen LogP contribution in [0.5, 0.6) is 0 Å². The second-order valence-corrected chi connectivity index (χ2v) is 4.78. The van der Waals surface area contributed by atoms with Crippen LogP contribution in [0.4, 0.5) is 0 Å². The fourth-order valence-corrected chi connectivity index (χ4v) is 2.26. The highest BCUT2D eigenvalue weighted by molar-refractivity contribution is 6.17. The maximum Gasteiger partial charge on any atom is 0.135 e. The highest BCUT2D eigenvalue weighted by Gasteiger charge is 2.05. The molecular weight excluding hydrogens is 256 g/mol. The Morgan fingerprint density at radius 3 is 2.74 bits per heavy atom. The van der Waals surface area contributed by atoms with Crippen molar-refractivity contribution >= 4 is 33.5 Å². The van der Waals surface area contributed by atoms with Crippen LogP contribution in [-0.4, -0.2) is 5.88 Å². The van der Waals surface area contributed by atoms with E-state index in [1.165, 1.54) is 0 Å². The molecule has 0 bridgehead atoms. The molecule has 0 atom stereocenters. The van der Waals surface area contributed by atoms with Gasteiger partial charge in [-0.05, 0) is 30.7 Å². The maximum atomic E-state index is 5.78. The van der Waals surface area contributed by atoms with E-state index in [1.807, 2.05) is 30.3 Å². The third-order valence-electron chi connectivity index (χ3n) is 3.04. The molecule has 0 N–H and O–H groups in total. The molecule has 0 aliphatic heterocycles. The molecule has 0 saturated heterocycles. The van der Waals surface area contributed by atoms with Crippen molar-refractivity contribution in [1.82, 2.24) is 0 Å². The highest BCUT2D eigenvalue weighted by Crippen LogP contribution is 2.28. The molecule has 2 heteroatoms. The van der Waals surface area contributed by atoms with Gasteiger partial charge >= 0.3 is 0 Å². The lowest BCUT2D eigenvalue weighted by atomic mass is 10.1. The molecule has 1 nitrogen and oxygen atoms in total. The molecule has 0 amide bonds. The summed E-state index contributed by atoms with van der Waals surface area (Å²) >= 11 is 5.63. The summed E-state index contributed by atoms with van der Waals surface area (Å²) in [4.78, 5) is 0. The van der Waals surface area contributed by atoms with Crippen LogP contribution in [0.3, 0.4) is 0 Å². The Balaban J connectivity index is 2.03. The average molecular weight is 269 g/mol. The predicted octanol–water partition coefficient (Wildman–Crippen LogP) is 4.96. The van der Waals surface area contributed by atoms with E-state index in [-0.39, 0.29) is 0 Å². The molecule has 19 heavy (non-hydrogen) atoms. The fourth-order valence-electron chi connectivity index (χ4n) is 2.12. The van der Waals surface area contributed by atoms with E-state index in [0.717, 1.165) is 40.3 Å². The number of benzene rings is 2. The van der Waals surface area contributed by atoms with Gasteiger partial charge in [-0.1, -0.05) is 30.0 Å². The van der Waals surface area contributed by atoms with Crippen molar-refractivity contribution in [3.8, 4) is 11.8 Å². The van der Waals surface area contributed by atoms with Crippen molar-refractivity contribution in [2.45, 2.75) is 12.8 Å². The standard InChI is InChI=1S/C17H13ClO/c18-11-5-1-2-6-13-9-10-17-15(12-13)14-7-3-4-8-16(14)19-17/h3-4,7-10,12H,1,5,11H2. The minimum Gasteiger partial charge on any atom is -0.456 e. The molecule has 0 aliphatic rings. The molecule has 0 unspecified atom stereocenters. The van der Waals surface area contributed by atoms with E-state index in [4.69, 9.17) is 16.0 Å². The van der Waals surface area contributed by atoms with Crippen molar-refractivity contribution in [2.75, 3.05) is 5.88 Å². The second-order valence-electron chi connectivity index (χ2n) is 4.40. The van der Waals surface area contributed by atoms with Gasteiger partial charge in [0.25, 0.3) is 0 Å². The SMILES string of the molecule is ClCCCC#Cc1ccc2oc3ccccc3c2c1. The van der Waals surface area contributed by atoms with Gasteiger partial charge in [0.05, 0.1) is 0 Å². The number of alkyl halides is 1. The number of hydrogen-bond acceptors (Lipinski definition) is 1. The van der Waals surface area contributed by atoms with Gasteiger partial charge in [-0.25, -0.2) is 0 Å². The first-order valence-electron chi connectivity index (χ1n) is 6.34. The van der Waals surface area contributed by atoms with Gasteiger partial charge in [0.1, 0.15) is 11.2 Å². The zero-order valence-corrected chi connectivity index (χ0v) is 11.2. The lowest BCUT2D eigenvalue weighted by Gasteiger charge is -1.91. The summed E-state index contributed by atoms with van der Waals surface area (Å²) in [5.41, 5.74) is 2.85. The summed E-state index contributed by atoms with van der Waals surface area (Å²) in [5.74, 6) is 6.99. The van der Waals surface area contributed by atoms with Crippen LogP contribution >= 0.6 is 11.6 Å². The van der Waals surface area contributed by atoms with E-state index in [2.05, 4.69) is 24.0 Å². The summed E-state index contributed by atoms with van der Waals surface area (Å²) in [7, 11) is 0. The third-order valence-corrected chi connectivity index (χ3v) is 3.31. The van der Waals surface area contributed by atoms with Gasteiger partial charge in [0, 0.05) is 28.6 Å². The molecular formula is C17H13ClO. The molecule has 3 rings (SSSR count). The summed E-state index contributed by atoms with van der Waals surface area (Å²) in [6, 6.07) is 14.1. The molecule has 3 aromatic rings. The maximum absolute atomic E-state index is 5.78. The number of unbranched alkanes of at least 4 members (excludes halogenated alkanes) is 1. The number of para-hydroxylation sites is 1. The van der Waals surface area contributed by atoms with E-state index < -0.39 is 0 Å². The number of hydrogen-bond donors (Lipinski definition) is 0. The summed E-state index contributed by atoms with van der Waals surface area (Å²) in [6.07, 6.45) is 1.78. The molecule has 0 saturated carbocycles. The topological polar surface area (TPSA) is 13.1 Å². The Morgan fingerprint density at radius 1 is 1.00 bits per heavy atom. The van der Waals surface area contributed by atoms with Crippen molar-refractivity contribution in [2.24, 2.45) is 0 Å². The Kier molecular flexibility index (Phi) is 3.44. The number of halogens is 1. The van der Waals surface area contributed by atoms with E-state index >= 15 is 0 Å². The van der Waals surface area contributed by atoms with Crippen LogP contribution < -0.4 is 0 Å². The van der Waals surface area contributed by atoms with Crippen LogP contribution in [0, 0.1) is 11.8 Å². The van der Waals surface area contributed by atoms with Gasteiger partial charge in [-0.15, -0.1) is 11.6 Å². The van der Waals surface area contributed by atoms with Crippen LogP contribution in [0.25, 0.3) is 21.9 Å². The van der Waals surface area contributed by atoms with Crippen molar-refractivity contribution in [3.05, 3.63) is 48.0 Å². The van der Waals surface area contributed by atoms with E-state index in [1.54, 1.807) is 0 Å². The van der Waals surface area contributed by atoms with Crippen LogP contribution in [-0.2, 0) is 0 Å². The number of furan rings is 1. The largest absolute Gasteiger partial charge is 0.456 e. The minimum atomic E-state index is 0.667. The Morgan fingerprint density at radius 2 is 1.84 bits per heavy atom. The zero-order chi connectivity index (χ0) is 13.1. The zero-order valence-electron chi connectivity index (χ0n) is 10.4. The van der Waals surface area contributed by atoms with Gasteiger partial charge in [-0.3, -0.25) is 0 Å². The molecule has 1 heterocycles. The molecule has 94 valence electrons. The lowest BCUT2D eigenvalue weighted by molar-refractivity contribution is 0.669. The Hall–Kier alpha value is -1.91. The summed E-state index contributed by atoms with van der Waals surface area (Å²) < 4.78 is 5.78. The van der Waals surface area contributed by atoms with Gasteiger partial charge < -0.3 is 4.42 Å². The fraction of sp³-hybridized carbons (Fsp3) is 0.176. The van der Waals surface area contributed by atoms with E-state index in [0.29, 0.717) is 5.88 Å². The first-order valence-corrected chi connectivity index (χ1v) is 6.88. The molecule has 1 aromatic heterocycles. The summed E-state index contributed by atoms with van der Waals surface area (Å²) in [6.45, 7) is 0. The van der Waals surface area contributed by atoms with E-state index in [9.17, 15) is 0 Å². The van der Waals surface area contributed by atoms with Crippen LogP contribution in [0.15, 0.2) is 46.9 Å². The van der Waals surface area contributed by atoms with Gasteiger partial charge in [0.15, 0.2) is 0 Å². The quantitative estimate of drug-likeness (QED) is 0.364. The van der Waals surface area contributed by atoms with Gasteiger partial charge in [-0.2, -0.15) is 0 Å². The van der Waals surface area contributed by atoms with Crippen LogP contribution in [0.2, 0.25) is 0 Å². The molecule has 2 aromatic carbocycles. The first-order chi connectivity index (χ1) is 9.38. The monoisotopic (exact) mass is 268 g/mol. The average Bonchev–Trinajstić information content (AvgIpc) is 2.82. The molecule has 0 fully saturated rings. The second kappa shape index (κ2) is 5.38.